The fourth-order valence-corrected chi connectivity index (χ4v) is 4.38. The first-order chi connectivity index (χ1) is 15.9. The zero-order valence-electron chi connectivity index (χ0n) is 18.4. The Morgan fingerprint density at radius 2 is 1.85 bits per heavy atom. The molecule has 3 rings (SSSR count). The molecule has 1 aliphatic rings. The van der Waals surface area contributed by atoms with Gasteiger partial charge in [0.15, 0.2) is 0 Å². The molecule has 0 bridgehead atoms. The fraction of sp³-hybridized carbons (Fsp3) is 0.250. The van der Waals surface area contributed by atoms with Crippen LogP contribution in [0.3, 0.4) is 0 Å². The monoisotopic (exact) mass is 465 g/mol. The van der Waals surface area contributed by atoms with Gasteiger partial charge in [-0.3, -0.25) is 14.4 Å². The van der Waals surface area contributed by atoms with E-state index < -0.39 is 23.7 Å². The van der Waals surface area contributed by atoms with Crippen LogP contribution in [-0.2, 0) is 19.1 Å². The summed E-state index contributed by atoms with van der Waals surface area (Å²) in [7, 11) is 2.72. The van der Waals surface area contributed by atoms with Crippen molar-refractivity contribution in [3.05, 3.63) is 70.3 Å². The molecule has 1 aliphatic heterocycles. The van der Waals surface area contributed by atoms with E-state index in [0.717, 1.165) is 17.3 Å². The van der Waals surface area contributed by atoms with E-state index in [0.29, 0.717) is 17.0 Å². The predicted octanol–water partition coefficient (Wildman–Crippen LogP) is 3.11. The molecule has 9 heteroatoms. The number of benzene rings is 2. The van der Waals surface area contributed by atoms with Crippen LogP contribution in [0.15, 0.2) is 59.1 Å². The number of hydrogen-bond acceptors (Lipinski definition) is 7. The van der Waals surface area contributed by atoms with Crippen molar-refractivity contribution in [2.75, 3.05) is 25.3 Å². The van der Waals surface area contributed by atoms with Crippen LogP contribution < -0.4 is 15.4 Å². The van der Waals surface area contributed by atoms with Gasteiger partial charge in [-0.25, -0.2) is 0 Å². The molecule has 0 aliphatic carbocycles. The van der Waals surface area contributed by atoms with E-state index in [1.807, 2.05) is 25.1 Å². The number of allylic oxidation sites excluding steroid dienone is 1. The lowest BCUT2D eigenvalue weighted by molar-refractivity contribution is -0.150. The number of anilines is 1. The molecule has 8 nitrogen and oxygen atoms in total. The zero-order chi connectivity index (χ0) is 24.0. The SMILES string of the molecule is COC(=O)[C@H]1C(=O)NC(SCC(=O)Nc2ccccc2C)=C(C#N)[C@@H]1c1ccc(OC)cc1. The van der Waals surface area contributed by atoms with Crippen LogP contribution in [0.4, 0.5) is 5.69 Å². The van der Waals surface area contributed by atoms with Crippen LogP contribution in [0.5, 0.6) is 5.75 Å². The first-order valence-electron chi connectivity index (χ1n) is 10.0. The van der Waals surface area contributed by atoms with Crippen LogP contribution in [0, 0.1) is 24.2 Å². The predicted molar refractivity (Wildman–Crippen MR) is 124 cm³/mol. The quantitative estimate of drug-likeness (QED) is 0.476. The van der Waals surface area contributed by atoms with Crippen LogP contribution >= 0.6 is 11.8 Å². The van der Waals surface area contributed by atoms with Gasteiger partial charge in [0.05, 0.1) is 36.6 Å². The Labute approximate surface area is 195 Å². The third-order valence-corrected chi connectivity index (χ3v) is 6.24. The summed E-state index contributed by atoms with van der Waals surface area (Å²) in [6.07, 6.45) is 0. The number of aryl methyl sites for hydroxylation is 1. The van der Waals surface area contributed by atoms with Crippen molar-refractivity contribution in [2.45, 2.75) is 12.8 Å². The molecule has 0 spiro atoms. The Balaban J connectivity index is 1.90. The highest BCUT2D eigenvalue weighted by Gasteiger charge is 2.44. The molecular formula is C24H23N3O5S. The lowest BCUT2D eigenvalue weighted by Gasteiger charge is -2.31. The minimum atomic E-state index is -1.23. The number of carbonyl (C=O) groups is 3. The molecule has 0 saturated carbocycles. The largest absolute Gasteiger partial charge is 0.497 e. The first-order valence-corrected chi connectivity index (χ1v) is 11.0. The second-order valence-electron chi connectivity index (χ2n) is 7.25. The third kappa shape index (κ3) is 5.35. The molecule has 2 atom stereocenters. The van der Waals surface area contributed by atoms with Gasteiger partial charge in [-0.2, -0.15) is 5.26 Å². The summed E-state index contributed by atoms with van der Waals surface area (Å²) >= 11 is 1.03. The average molecular weight is 466 g/mol. The summed E-state index contributed by atoms with van der Waals surface area (Å²) < 4.78 is 10.0. The summed E-state index contributed by atoms with van der Waals surface area (Å²) in [5.74, 6) is -3.16. The molecule has 0 aromatic heterocycles. The lowest BCUT2D eigenvalue weighted by Crippen LogP contribution is -2.44. The number of esters is 1. The number of nitriles is 1. The molecule has 0 fully saturated rings. The smallest absolute Gasteiger partial charge is 0.319 e. The normalized spacial score (nSPS) is 17.6. The van der Waals surface area contributed by atoms with E-state index >= 15 is 0 Å². The molecule has 0 radical (unpaired) electrons. The Morgan fingerprint density at radius 3 is 2.45 bits per heavy atom. The number of ether oxygens (including phenoxy) is 2. The van der Waals surface area contributed by atoms with E-state index in [2.05, 4.69) is 16.7 Å². The van der Waals surface area contributed by atoms with Crippen molar-refractivity contribution in [1.82, 2.24) is 5.32 Å². The van der Waals surface area contributed by atoms with Crippen LogP contribution in [0.1, 0.15) is 17.0 Å². The van der Waals surface area contributed by atoms with Gasteiger partial charge in [0.2, 0.25) is 11.8 Å². The Morgan fingerprint density at radius 1 is 1.15 bits per heavy atom. The molecule has 1 heterocycles. The number of methoxy groups -OCH3 is 2. The van der Waals surface area contributed by atoms with Crippen molar-refractivity contribution in [3.8, 4) is 11.8 Å². The molecule has 2 aromatic carbocycles. The fourth-order valence-electron chi connectivity index (χ4n) is 3.53. The topological polar surface area (TPSA) is 118 Å². The summed E-state index contributed by atoms with van der Waals surface area (Å²) in [6.45, 7) is 1.88. The van der Waals surface area contributed by atoms with E-state index in [1.165, 1.54) is 14.2 Å². The summed E-state index contributed by atoms with van der Waals surface area (Å²) in [5.41, 5.74) is 2.37. The van der Waals surface area contributed by atoms with Crippen molar-refractivity contribution < 1.29 is 23.9 Å². The third-order valence-electron chi connectivity index (χ3n) is 5.23. The molecule has 0 unspecified atom stereocenters. The maximum atomic E-state index is 12.9. The molecular weight excluding hydrogens is 442 g/mol. The van der Waals surface area contributed by atoms with E-state index in [9.17, 15) is 19.6 Å². The van der Waals surface area contributed by atoms with Gasteiger partial charge in [0.25, 0.3) is 0 Å². The summed E-state index contributed by atoms with van der Waals surface area (Å²) in [4.78, 5) is 37.8. The van der Waals surface area contributed by atoms with Crippen LogP contribution in [0.2, 0.25) is 0 Å². The summed E-state index contributed by atoms with van der Waals surface area (Å²) in [6, 6.07) is 16.3. The Hall–Kier alpha value is -3.77. The number of thioether (sulfide) groups is 1. The second-order valence-corrected chi connectivity index (χ2v) is 8.23. The average Bonchev–Trinajstić information content (AvgIpc) is 2.83. The highest BCUT2D eigenvalue weighted by atomic mass is 32.2. The number of amides is 2. The number of hydrogen-bond donors (Lipinski definition) is 2. The molecule has 33 heavy (non-hydrogen) atoms. The number of carbonyl (C=O) groups excluding carboxylic acids is 3. The van der Waals surface area contributed by atoms with Crippen molar-refractivity contribution in [2.24, 2.45) is 5.92 Å². The highest BCUT2D eigenvalue weighted by molar-refractivity contribution is 8.03. The standard InChI is InChI=1S/C24H23N3O5S/c1-14-6-4-5-7-18(14)26-19(28)13-33-23-17(12-25)20(15-8-10-16(31-2)11-9-15)21(22(29)27-23)24(30)32-3/h4-11,20-21H,13H2,1-3H3,(H,26,28)(H,27,29)/t20-,21+/m0/s1. The van der Waals surface area contributed by atoms with Gasteiger partial charge in [0, 0.05) is 11.6 Å². The van der Waals surface area contributed by atoms with E-state index in [1.54, 1.807) is 30.3 Å². The number of rotatable bonds is 7. The van der Waals surface area contributed by atoms with Gasteiger partial charge in [-0.05, 0) is 36.2 Å². The highest BCUT2D eigenvalue weighted by Crippen LogP contribution is 2.40. The van der Waals surface area contributed by atoms with Crippen LogP contribution in [0.25, 0.3) is 0 Å². The van der Waals surface area contributed by atoms with Crippen LogP contribution in [-0.4, -0.2) is 37.8 Å². The first kappa shape index (κ1) is 23.9. The van der Waals surface area contributed by atoms with Gasteiger partial charge < -0.3 is 20.1 Å². The van der Waals surface area contributed by atoms with Crippen molar-refractivity contribution >= 4 is 35.2 Å². The maximum Gasteiger partial charge on any atom is 0.319 e. The number of nitrogens with one attached hydrogen (secondary N) is 2. The van der Waals surface area contributed by atoms with Gasteiger partial charge in [0.1, 0.15) is 11.7 Å². The zero-order valence-corrected chi connectivity index (χ0v) is 19.2. The van der Waals surface area contributed by atoms with Gasteiger partial charge >= 0.3 is 5.97 Å². The number of nitrogens with zero attached hydrogens (tertiary/aromatic N) is 1. The molecule has 2 N–H and O–H groups in total. The van der Waals surface area contributed by atoms with Crippen molar-refractivity contribution in [3.63, 3.8) is 0 Å². The minimum Gasteiger partial charge on any atom is -0.497 e. The summed E-state index contributed by atoms with van der Waals surface area (Å²) in [5, 5.41) is 15.6. The molecule has 2 aromatic rings. The Bertz CT molecular complexity index is 1140. The molecule has 2 amide bonds. The minimum absolute atomic E-state index is 0.0344. The second kappa shape index (κ2) is 10.7. The van der Waals surface area contributed by atoms with E-state index in [-0.39, 0.29) is 22.3 Å². The molecule has 170 valence electrons. The molecule has 0 saturated heterocycles. The van der Waals surface area contributed by atoms with Gasteiger partial charge in [-0.15, -0.1) is 0 Å². The lowest BCUT2D eigenvalue weighted by atomic mass is 9.78. The maximum absolute atomic E-state index is 12.9. The Kier molecular flexibility index (Phi) is 7.74. The van der Waals surface area contributed by atoms with E-state index in [4.69, 9.17) is 9.47 Å². The van der Waals surface area contributed by atoms with Crippen molar-refractivity contribution in [1.29, 1.82) is 5.26 Å². The number of para-hydroxylation sites is 1. The van der Waals surface area contributed by atoms with Gasteiger partial charge in [-0.1, -0.05) is 42.1 Å².